The van der Waals surface area contributed by atoms with Gasteiger partial charge in [0.1, 0.15) is 12.0 Å². The van der Waals surface area contributed by atoms with Gasteiger partial charge in [0, 0.05) is 24.7 Å². The predicted octanol–water partition coefficient (Wildman–Crippen LogP) is 2.68. The number of aliphatic hydroxyl groups excluding tert-OH is 1. The van der Waals surface area contributed by atoms with E-state index in [2.05, 4.69) is 15.2 Å². The number of anilines is 1. The largest absolute Gasteiger partial charge is 0.395 e. The summed E-state index contributed by atoms with van der Waals surface area (Å²) in [5.74, 6) is 0.458. The molecule has 2 N–H and O–H groups in total. The van der Waals surface area contributed by atoms with Crippen LogP contribution in [0.15, 0.2) is 12.3 Å². The number of nitrogens with zero attached hydrogens (tertiary/aromatic N) is 3. The Morgan fingerprint density at radius 3 is 2.74 bits per heavy atom. The lowest BCUT2D eigenvalue weighted by Gasteiger charge is -2.45. The van der Waals surface area contributed by atoms with E-state index in [-0.39, 0.29) is 22.9 Å². The predicted molar refractivity (Wildman–Crippen MR) is 89.9 cm³/mol. The molecule has 1 aliphatic carbocycles. The van der Waals surface area contributed by atoms with Crippen LogP contribution in [0.4, 0.5) is 11.5 Å². The molecule has 8 heteroatoms. The summed E-state index contributed by atoms with van der Waals surface area (Å²) < 4.78 is 0. The number of pyridine rings is 1. The maximum Gasteiger partial charge on any atom is 0.289 e. The summed E-state index contributed by atoms with van der Waals surface area (Å²) in [6.45, 7) is 1.38. The molecule has 7 nitrogen and oxygen atoms in total. The van der Waals surface area contributed by atoms with Crippen molar-refractivity contribution in [3.8, 4) is 0 Å². The van der Waals surface area contributed by atoms with Crippen LogP contribution in [0.25, 0.3) is 0 Å². The highest BCUT2D eigenvalue weighted by molar-refractivity contribution is 6.33. The van der Waals surface area contributed by atoms with Crippen LogP contribution in [-0.4, -0.2) is 52.2 Å². The van der Waals surface area contributed by atoms with Crippen molar-refractivity contribution in [3.05, 3.63) is 27.4 Å². The zero-order valence-electron chi connectivity index (χ0n) is 13.3. The second-order valence-corrected chi connectivity index (χ2v) is 6.47. The van der Waals surface area contributed by atoms with Crippen LogP contribution in [0.3, 0.4) is 0 Å². The van der Waals surface area contributed by atoms with Crippen LogP contribution in [0, 0.1) is 10.1 Å². The van der Waals surface area contributed by atoms with E-state index in [1.54, 1.807) is 0 Å². The van der Waals surface area contributed by atoms with Crippen LogP contribution in [0.1, 0.15) is 32.1 Å². The summed E-state index contributed by atoms with van der Waals surface area (Å²) >= 11 is 6.09. The summed E-state index contributed by atoms with van der Waals surface area (Å²) in [7, 11) is 2.02. The molecule has 0 spiro atoms. The fourth-order valence-electron chi connectivity index (χ4n) is 3.20. The van der Waals surface area contributed by atoms with Gasteiger partial charge in [-0.3, -0.25) is 15.0 Å². The Morgan fingerprint density at radius 2 is 2.17 bits per heavy atom. The van der Waals surface area contributed by atoms with Gasteiger partial charge >= 0.3 is 0 Å². The highest BCUT2D eigenvalue weighted by Gasteiger charge is 2.35. The van der Waals surface area contributed by atoms with Gasteiger partial charge < -0.3 is 10.4 Å². The molecule has 0 atom stereocenters. The van der Waals surface area contributed by atoms with E-state index < -0.39 is 4.92 Å². The van der Waals surface area contributed by atoms with Crippen LogP contribution in [0.2, 0.25) is 5.02 Å². The van der Waals surface area contributed by atoms with Gasteiger partial charge in [-0.15, -0.1) is 0 Å². The van der Waals surface area contributed by atoms with Crippen molar-refractivity contribution in [2.24, 2.45) is 0 Å². The molecule has 23 heavy (non-hydrogen) atoms. The first kappa shape index (κ1) is 17.9. The standard InChI is InChI=1S/C15H23ClN4O3/c1-19(7-8-21)15(5-3-2-4-6-15)11-18-14-13(16)9-12(10-17-14)20(22)23/h9-10,21H,2-8,11H2,1H3,(H,17,18). The number of rotatable bonds is 7. The van der Waals surface area contributed by atoms with Crippen molar-refractivity contribution in [2.75, 3.05) is 32.1 Å². The number of aromatic nitrogens is 1. The molecule has 0 unspecified atom stereocenters. The number of nitrogens with one attached hydrogen (secondary N) is 1. The first-order valence-electron chi connectivity index (χ1n) is 7.84. The maximum atomic E-state index is 10.7. The van der Waals surface area contributed by atoms with E-state index in [9.17, 15) is 15.2 Å². The molecule has 1 aliphatic rings. The number of hydrogen-bond acceptors (Lipinski definition) is 6. The number of hydrogen-bond donors (Lipinski definition) is 2. The molecule has 128 valence electrons. The molecule has 0 aliphatic heterocycles. The maximum absolute atomic E-state index is 10.7. The minimum atomic E-state index is -0.514. The van der Waals surface area contributed by atoms with Crippen molar-refractivity contribution in [3.63, 3.8) is 0 Å². The number of aliphatic hydroxyl groups is 1. The minimum Gasteiger partial charge on any atom is -0.395 e. The van der Waals surface area contributed by atoms with Crippen molar-refractivity contribution in [2.45, 2.75) is 37.6 Å². The summed E-state index contributed by atoms with van der Waals surface area (Å²) in [5.41, 5.74) is -0.168. The van der Waals surface area contributed by atoms with Gasteiger partial charge in [-0.25, -0.2) is 4.98 Å². The van der Waals surface area contributed by atoms with Gasteiger partial charge in [0.15, 0.2) is 0 Å². The number of halogens is 1. The Balaban J connectivity index is 2.10. The lowest BCUT2D eigenvalue weighted by Crippen LogP contribution is -2.53. The lowest BCUT2D eigenvalue weighted by molar-refractivity contribution is -0.385. The van der Waals surface area contributed by atoms with E-state index in [0.29, 0.717) is 18.9 Å². The van der Waals surface area contributed by atoms with Gasteiger partial charge in [0.25, 0.3) is 5.69 Å². The molecule has 1 fully saturated rings. The Hall–Kier alpha value is -1.44. The second-order valence-electron chi connectivity index (χ2n) is 6.06. The first-order chi connectivity index (χ1) is 11.0. The molecule has 2 rings (SSSR count). The van der Waals surface area contributed by atoms with Crippen LogP contribution >= 0.6 is 11.6 Å². The third kappa shape index (κ3) is 4.31. The third-order valence-corrected chi connectivity index (χ3v) is 4.94. The highest BCUT2D eigenvalue weighted by atomic mass is 35.5. The van der Waals surface area contributed by atoms with E-state index in [4.69, 9.17) is 11.6 Å². The van der Waals surface area contributed by atoms with Crippen molar-refractivity contribution in [1.82, 2.24) is 9.88 Å². The van der Waals surface area contributed by atoms with E-state index in [0.717, 1.165) is 25.7 Å². The van der Waals surface area contributed by atoms with Crippen LogP contribution in [-0.2, 0) is 0 Å². The molecule has 0 aromatic carbocycles. The summed E-state index contributed by atoms with van der Waals surface area (Å²) in [5, 5.41) is 23.5. The molecular weight excluding hydrogens is 320 g/mol. The SMILES string of the molecule is CN(CCO)C1(CNc2ncc([N+](=O)[O-])cc2Cl)CCCCC1. The average Bonchev–Trinajstić information content (AvgIpc) is 2.54. The summed E-state index contributed by atoms with van der Waals surface area (Å²) in [6, 6.07) is 1.31. The molecule has 0 amide bonds. The zero-order valence-corrected chi connectivity index (χ0v) is 14.1. The van der Waals surface area contributed by atoms with Gasteiger partial charge in [0.2, 0.25) is 0 Å². The summed E-state index contributed by atoms with van der Waals surface area (Å²) in [4.78, 5) is 16.5. The van der Waals surface area contributed by atoms with Crippen LogP contribution in [0.5, 0.6) is 0 Å². The van der Waals surface area contributed by atoms with E-state index >= 15 is 0 Å². The smallest absolute Gasteiger partial charge is 0.289 e. The van der Waals surface area contributed by atoms with Gasteiger partial charge in [-0.05, 0) is 19.9 Å². The fourth-order valence-corrected chi connectivity index (χ4v) is 3.42. The molecule has 1 saturated carbocycles. The van der Waals surface area contributed by atoms with Gasteiger partial charge in [-0.2, -0.15) is 0 Å². The van der Waals surface area contributed by atoms with Crippen molar-refractivity contribution >= 4 is 23.1 Å². The molecule has 1 heterocycles. The topological polar surface area (TPSA) is 91.5 Å². The summed E-state index contributed by atoms with van der Waals surface area (Å²) in [6.07, 6.45) is 6.82. The molecule has 0 saturated heterocycles. The van der Waals surface area contributed by atoms with E-state index in [1.165, 1.54) is 18.7 Å². The zero-order chi connectivity index (χ0) is 16.9. The van der Waals surface area contributed by atoms with Gasteiger partial charge in [-0.1, -0.05) is 30.9 Å². The Kier molecular flexibility index (Phi) is 6.15. The number of likely N-dealkylation sites (N-methyl/N-ethyl adjacent to an activating group) is 1. The monoisotopic (exact) mass is 342 g/mol. The van der Waals surface area contributed by atoms with Crippen molar-refractivity contribution in [1.29, 1.82) is 0 Å². The Morgan fingerprint density at radius 1 is 1.48 bits per heavy atom. The quantitative estimate of drug-likeness (QED) is 0.584. The first-order valence-corrected chi connectivity index (χ1v) is 8.22. The average molecular weight is 343 g/mol. The molecular formula is C15H23ClN4O3. The Labute approximate surface area is 140 Å². The number of β-amino-alcohol motifs (C(OH)–C–C–N with tert-alkyl or cyclic N) is 1. The normalized spacial score (nSPS) is 17.2. The Bertz CT molecular complexity index is 550. The molecule has 1 aromatic heterocycles. The second kappa shape index (κ2) is 7.90. The third-order valence-electron chi connectivity index (χ3n) is 4.65. The van der Waals surface area contributed by atoms with Gasteiger partial charge in [0.05, 0.1) is 16.6 Å². The minimum absolute atomic E-state index is 0.0479. The molecule has 0 bridgehead atoms. The molecule has 1 aromatic rings. The number of nitro groups is 1. The highest BCUT2D eigenvalue weighted by Crippen LogP contribution is 2.34. The lowest BCUT2D eigenvalue weighted by atomic mass is 9.80. The molecule has 0 radical (unpaired) electrons. The van der Waals surface area contributed by atoms with Crippen LogP contribution < -0.4 is 5.32 Å². The fraction of sp³-hybridized carbons (Fsp3) is 0.667. The van der Waals surface area contributed by atoms with Crippen molar-refractivity contribution < 1.29 is 10.0 Å². The van der Waals surface area contributed by atoms with E-state index in [1.807, 2.05) is 7.05 Å².